The van der Waals surface area contributed by atoms with Crippen LogP contribution in [0.1, 0.15) is 74.5 Å². The second-order valence-corrected chi connectivity index (χ2v) is 6.49. The van der Waals surface area contributed by atoms with Crippen molar-refractivity contribution in [2.45, 2.75) is 69.4 Å². The van der Waals surface area contributed by atoms with Gasteiger partial charge in [0, 0.05) is 6.04 Å². The zero-order chi connectivity index (χ0) is 13.8. The lowest BCUT2D eigenvalue weighted by Gasteiger charge is -2.25. The molecule has 0 bridgehead atoms. The lowest BCUT2D eigenvalue weighted by Crippen LogP contribution is -2.34. The molecule has 2 heteroatoms. The second kappa shape index (κ2) is 6.73. The largest absolute Gasteiger partial charge is 0.394 e. The molecule has 2 aliphatic rings. The maximum absolute atomic E-state index is 9.84. The van der Waals surface area contributed by atoms with Crippen LogP contribution in [0.4, 0.5) is 0 Å². The van der Waals surface area contributed by atoms with E-state index in [1.165, 1.54) is 62.5 Å². The summed E-state index contributed by atoms with van der Waals surface area (Å²) in [6.45, 7) is 0.209. The minimum atomic E-state index is 0.120. The van der Waals surface area contributed by atoms with Crippen LogP contribution < -0.4 is 5.32 Å². The number of hydrogen-bond donors (Lipinski definition) is 2. The standard InChI is InChI=1S/C18H27NO/c20-13-18(19-15-7-3-1-2-4-8-15)17-10-6-5-9-16(17)14-11-12-14/h5-6,9-10,14-15,18-20H,1-4,7-8,11-13H2. The molecule has 0 spiro atoms. The molecule has 20 heavy (non-hydrogen) atoms. The van der Waals surface area contributed by atoms with Crippen LogP contribution in [0.5, 0.6) is 0 Å². The summed E-state index contributed by atoms with van der Waals surface area (Å²) in [6, 6.07) is 9.41. The van der Waals surface area contributed by atoms with Crippen molar-refractivity contribution in [1.29, 1.82) is 0 Å². The van der Waals surface area contributed by atoms with Crippen LogP contribution in [0.25, 0.3) is 0 Å². The normalized spacial score (nSPS) is 22.4. The van der Waals surface area contributed by atoms with Crippen LogP contribution in [0.15, 0.2) is 24.3 Å². The number of rotatable bonds is 5. The van der Waals surface area contributed by atoms with E-state index in [1.54, 1.807) is 0 Å². The Kier molecular flexibility index (Phi) is 4.74. The van der Waals surface area contributed by atoms with E-state index < -0.39 is 0 Å². The summed E-state index contributed by atoms with van der Waals surface area (Å²) >= 11 is 0. The van der Waals surface area contributed by atoms with E-state index in [2.05, 4.69) is 29.6 Å². The lowest BCUT2D eigenvalue weighted by atomic mass is 9.96. The Morgan fingerprint density at radius 3 is 2.35 bits per heavy atom. The highest BCUT2D eigenvalue weighted by Crippen LogP contribution is 2.43. The number of aliphatic hydroxyl groups excluding tert-OH is 1. The summed E-state index contributed by atoms with van der Waals surface area (Å²) in [5, 5.41) is 13.6. The van der Waals surface area contributed by atoms with Crippen molar-refractivity contribution in [3.8, 4) is 0 Å². The van der Waals surface area contributed by atoms with Gasteiger partial charge in [-0.05, 0) is 42.7 Å². The summed E-state index contributed by atoms with van der Waals surface area (Å²) in [5.74, 6) is 0.746. The molecule has 0 aliphatic heterocycles. The van der Waals surface area contributed by atoms with Crippen LogP contribution in [0.2, 0.25) is 0 Å². The molecule has 2 nitrogen and oxygen atoms in total. The second-order valence-electron chi connectivity index (χ2n) is 6.49. The minimum Gasteiger partial charge on any atom is -0.394 e. The van der Waals surface area contributed by atoms with Gasteiger partial charge in [-0.15, -0.1) is 0 Å². The first kappa shape index (κ1) is 14.1. The van der Waals surface area contributed by atoms with E-state index in [-0.39, 0.29) is 12.6 Å². The highest BCUT2D eigenvalue weighted by atomic mass is 16.3. The average Bonchev–Trinajstić information content (AvgIpc) is 3.32. The van der Waals surface area contributed by atoms with Crippen LogP contribution in [-0.4, -0.2) is 17.8 Å². The van der Waals surface area contributed by atoms with Gasteiger partial charge in [-0.25, -0.2) is 0 Å². The summed E-state index contributed by atoms with van der Waals surface area (Å²) in [6.07, 6.45) is 10.6. The first-order valence-electron chi connectivity index (χ1n) is 8.34. The molecule has 1 aromatic carbocycles. The van der Waals surface area contributed by atoms with Crippen molar-refractivity contribution in [3.63, 3.8) is 0 Å². The highest BCUT2D eigenvalue weighted by Gasteiger charge is 2.28. The van der Waals surface area contributed by atoms with Crippen molar-refractivity contribution >= 4 is 0 Å². The summed E-state index contributed by atoms with van der Waals surface area (Å²) in [7, 11) is 0. The number of aliphatic hydroxyl groups is 1. The highest BCUT2D eigenvalue weighted by molar-refractivity contribution is 5.35. The first-order chi connectivity index (χ1) is 9.88. The van der Waals surface area contributed by atoms with Gasteiger partial charge in [-0.3, -0.25) is 0 Å². The summed E-state index contributed by atoms with van der Waals surface area (Å²) < 4.78 is 0. The van der Waals surface area contributed by atoms with Crippen molar-refractivity contribution in [2.75, 3.05) is 6.61 Å². The predicted molar refractivity (Wildman–Crippen MR) is 82.9 cm³/mol. The van der Waals surface area contributed by atoms with E-state index >= 15 is 0 Å². The van der Waals surface area contributed by atoms with Crippen molar-refractivity contribution < 1.29 is 5.11 Å². The van der Waals surface area contributed by atoms with E-state index in [1.807, 2.05) is 0 Å². The fourth-order valence-electron chi connectivity index (χ4n) is 3.57. The van der Waals surface area contributed by atoms with Gasteiger partial charge in [0.25, 0.3) is 0 Å². The zero-order valence-electron chi connectivity index (χ0n) is 12.4. The molecule has 0 saturated heterocycles. The first-order valence-corrected chi connectivity index (χ1v) is 8.34. The Hall–Kier alpha value is -0.860. The molecule has 2 aliphatic carbocycles. The minimum absolute atomic E-state index is 0.120. The molecule has 1 atom stereocenters. The van der Waals surface area contributed by atoms with Gasteiger partial charge in [-0.2, -0.15) is 0 Å². The van der Waals surface area contributed by atoms with E-state index in [9.17, 15) is 5.11 Å². The van der Waals surface area contributed by atoms with Crippen LogP contribution in [0.3, 0.4) is 0 Å². The molecule has 1 aromatic rings. The molecule has 1 unspecified atom stereocenters. The molecule has 0 amide bonds. The fourth-order valence-corrected chi connectivity index (χ4v) is 3.57. The Labute approximate surface area is 122 Å². The van der Waals surface area contributed by atoms with Gasteiger partial charge < -0.3 is 10.4 Å². The number of benzene rings is 1. The number of hydrogen-bond acceptors (Lipinski definition) is 2. The lowest BCUT2D eigenvalue weighted by molar-refractivity contribution is 0.227. The maximum Gasteiger partial charge on any atom is 0.0626 e. The van der Waals surface area contributed by atoms with Crippen LogP contribution in [-0.2, 0) is 0 Å². The topological polar surface area (TPSA) is 32.3 Å². The van der Waals surface area contributed by atoms with Crippen molar-refractivity contribution in [1.82, 2.24) is 5.32 Å². The Balaban J connectivity index is 1.72. The Bertz CT molecular complexity index is 419. The smallest absolute Gasteiger partial charge is 0.0626 e. The van der Waals surface area contributed by atoms with Crippen molar-refractivity contribution in [3.05, 3.63) is 35.4 Å². The maximum atomic E-state index is 9.84. The van der Waals surface area contributed by atoms with Gasteiger partial charge in [0.05, 0.1) is 12.6 Å². The molecular weight excluding hydrogens is 246 g/mol. The molecular formula is C18H27NO. The summed E-state index contributed by atoms with van der Waals surface area (Å²) in [5.41, 5.74) is 2.80. The monoisotopic (exact) mass is 273 g/mol. The van der Waals surface area contributed by atoms with Gasteiger partial charge >= 0.3 is 0 Å². The third kappa shape index (κ3) is 3.42. The average molecular weight is 273 g/mol. The van der Waals surface area contributed by atoms with E-state index in [0.717, 1.165) is 5.92 Å². The van der Waals surface area contributed by atoms with Crippen LogP contribution >= 0.6 is 0 Å². The third-order valence-electron chi connectivity index (χ3n) is 4.86. The SMILES string of the molecule is OCC(NC1CCCCCC1)c1ccccc1C1CC1. The van der Waals surface area contributed by atoms with Gasteiger partial charge in [0.15, 0.2) is 0 Å². The quantitative estimate of drug-likeness (QED) is 0.797. The predicted octanol–water partition coefficient (Wildman–Crippen LogP) is 3.91. The molecule has 2 N–H and O–H groups in total. The third-order valence-corrected chi connectivity index (χ3v) is 4.86. The molecule has 110 valence electrons. The van der Waals surface area contributed by atoms with Gasteiger partial charge in [0.1, 0.15) is 0 Å². The molecule has 3 rings (SSSR count). The fraction of sp³-hybridized carbons (Fsp3) is 0.667. The molecule has 0 heterocycles. The van der Waals surface area contributed by atoms with Crippen LogP contribution in [0, 0.1) is 0 Å². The van der Waals surface area contributed by atoms with E-state index in [4.69, 9.17) is 0 Å². The molecule has 0 radical (unpaired) electrons. The summed E-state index contributed by atoms with van der Waals surface area (Å²) in [4.78, 5) is 0. The van der Waals surface area contributed by atoms with Gasteiger partial charge in [0.2, 0.25) is 0 Å². The Morgan fingerprint density at radius 1 is 1.00 bits per heavy atom. The van der Waals surface area contributed by atoms with Gasteiger partial charge in [-0.1, -0.05) is 49.9 Å². The zero-order valence-corrected chi connectivity index (χ0v) is 12.4. The number of nitrogens with one attached hydrogen (secondary N) is 1. The molecule has 2 saturated carbocycles. The Morgan fingerprint density at radius 2 is 1.70 bits per heavy atom. The van der Waals surface area contributed by atoms with Crippen molar-refractivity contribution in [2.24, 2.45) is 0 Å². The van der Waals surface area contributed by atoms with E-state index in [0.29, 0.717) is 6.04 Å². The molecule has 2 fully saturated rings. The molecule has 0 aromatic heterocycles.